The van der Waals surface area contributed by atoms with Crippen LogP contribution in [0, 0.1) is 23.2 Å². The molecule has 0 aromatic rings. The summed E-state index contributed by atoms with van der Waals surface area (Å²) in [5.74, 6) is -3.36. The molecule has 1 aliphatic carbocycles. The second kappa shape index (κ2) is 10.6. The van der Waals surface area contributed by atoms with E-state index < -0.39 is 63.9 Å². The lowest BCUT2D eigenvalue weighted by molar-refractivity contribution is -0.133. The first-order valence-electron chi connectivity index (χ1n) is 12.9. The van der Waals surface area contributed by atoms with Crippen molar-refractivity contribution in [2.75, 3.05) is 0 Å². The van der Waals surface area contributed by atoms with Crippen LogP contribution in [0.5, 0.6) is 0 Å². The van der Waals surface area contributed by atoms with Gasteiger partial charge in [0.1, 0.15) is 24.0 Å². The average Bonchev–Trinajstić information content (AvgIpc) is 3.51. The third kappa shape index (κ3) is 7.66. The third-order valence-corrected chi connectivity index (χ3v) is 7.10. The van der Waals surface area contributed by atoms with Crippen molar-refractivity contribution >= 4 is 30.1 Å². The van der Waals surface area contributed by atoms with Crippen LogP contribution in [0.2, 0.25) is 0 Å². The van der Waals surface area contributed by atoms with Crippen LogP contribution in [-0.4, -0.2) is 58.9 Å². The Morgan fingerprint density at radius 3 is 2.08 bits per heavy atom. The number of primary amides is 1. The lowest BCUT2D eigenvalue weighted by Crippen LogP contribution is -2.69. The molecule has 0 radical (unpaired) electrons. The standard InChI is InChI=1S/C26H45N5O6/c1-23(2,3)18(30-22(36)37-24(4,5)6)21(35)29-17(13-32)26(28,15-9-10-15)16(19(27)33)11-14-12-25(7,8)31-20(14)34/h13-18H,9-12,28H2,1-8H3,(H2,27,33)(H,29,35)(H,30,36)(H,31,34)/t14-,16?,17?,18-,26+/m1/s1. The third-order valence-electron chi connectivity index (χ3n) is 7.10. The van der Waals surface area contributed by atoms with Crippen LogP contribution in [0.1, 0.15) is 81.1 Å². The van der Waals surface area contributed by atoms with Crippen molar-refractivity contribution in [3.05, 3.63) is 0 Å². The zero-order chi connectivity index (χ0) is 28.6. The minimum absolute atomic E-state index is 0.0661. The Bertz CT molecular complexity index is 917. The molecule has 2 aliphatic rings. The van der Waals surface area contributed by atoms with Crippen molar-refractivity contribution < 1.29 is 28.7 Å². The lowest BCUT2D eigenvalue weighted by atomic mass is 9.70. The van der Waals surface area contributed by atoms with Crippen LogP contribution in [0.3, 0.4) is 0 Å². The molecule has 4 amide bonds. The number of nitrogens with one attached hydrogen (secondary N) is 3. The van der Waals surface area contributed by atoms with Gasteiger partial charge in [0.25, 0.3) is 0 Å². The molecule has 0 aromatic carbocycles. The van der Waals surface area contributed by atoms with Crippen LogP contribution >= 0.6 is 0 Å². The molecule has 1 heterocycles. The number of hydrogen-bond acceptors (Lipinski definition) is 7. The Kier molecular flexibility index (Phi) is 8.74. The minimum Gasteiger partial charge on any atom is -0.444 e. The van der Waals surface area contributed by atoms with Crippen LogP contribution in [0.15, 0.2) is 0 Å². The van der Waals surface area contributed by atoms with E-state index in [4.69, 9.17) is 16.2 Å². The molecule has 1 saturated carbocycles. The van der Waals surface area contributed by atoms with E-state index in [0.29, 0.717) is 25.5 Å². The number of carbonyl (C=O) groups is 5. The highest BCUT2D eigenvalue weighted by Gasteiger charge is 2.56. The van der Waals surface area contributed by atoms with Gasteiger partial charge in [-0.15, -0.1) is 0 Å². The van der Waals surface area contributed by atoms with Gasteiger partial charge in [-0.1, -0.05) is 20.8 Å². The maximum atomic E-state index is 13.4. The lowest BCUT2D eigenvalue weighted by Gasteiger charge is -2.42. The summed E-state index contributed by atoms with van der Waals surface area (Å²) in [5.41, 5.74) is 9.19. The Balaban J connectivity index is 2.33. The number of nitrogens with two attached hydrogens (primary N) is 2. The number of rotatable bonds is 10. The highest BCUT2D eigenvalue weighted by molar-refractivity contribution is 5.89. The second-order valence-corrected chi connectivity index (χ2v) is 13.3. The molecule has 7 N–H and O–H groups in total. The summed E-state index contributed by atoms with van der Waals surface area (Å²) in [6, 6.07) is -2.34. The fraction of sp³-hybridized carbons (Fsp3) is 0.808. The summed E-state index contributed by atoms with van der Waals surface area (Å²) < 4.78 is 5.31. The maximum Gasteiger partial charge on any atom is 0.408 e. The highest BCUT2D eigenvalue weighted by atomic mass is 16.6. The van der Waals surface area contributed by atoms with E-state index in [1.54, 1.807) is 41.5 Å². The second-order valence-electron chi connectivity index (χ2n) is 13.3. The number of aldehydes is 1. The fourth-order valence-corrected chi connectivity index (χ4v) is 5.19. The van der Waals surface area contributed by atoms with E-state index in [2.05, 4.69) is 16.0 Å². The van der Waals surface area contributed by atoms with Gasteiger partial charge in [0.2, 0.25) is 17.7 Å². The summed E-state index contributed by atoms with van der Waals surface area (Å²) in [6.07, 6.45) is 1.59. The van der Waals surface area contributed by atoms with Crippen LogP contribution < -0.4 is 27.4 Å². The Morgan fingerprint density at radius 1 is 1.14 bits per heavy atom. The fourth-order valence-electron chi connectivity index (χ4n) is 5.19. The zero-order valence-corrected chi connectivity index (χ0v) is 23.4. The molecule has 1 saturated heterocycles. The van der Waals surface area contributed by atoms with Crippen molar-refractivity contribution in [1.29, 1.82) is 0 Å². The van der Waals surface area contributed by atoms with Gasteiger partial charge in [-0.25, -0.2) is 4.79 Å². The summed E-state index contributed by atoms with van der Waals surface area (Å²) in [7, 11) is 0. The van der Waals surface area contributed by atoms with Crippen molar-refractivity contribution in [3.8, 4) is 0 Å². The van der Waals surface area contributed by atoms with Crippen LogP contribution in [0.25, 0.3) is 0 Å². The zero-order valence-electron chi connectivity index (χ0n) is 23.4. The first-order valence-corrected chi connectivity index (χ1v) is 12.9. The quantitative estimate of drug-likeness (QED) is 0.266. The molecule has 0 aromatic heterocycles. The van der Waals surface area contributed by atoms with Crippen molar-refractivity contribution in [2.24, 2.45) is 34.6 Å². The molecule has 2 fully saturated rings. The summed E-state index contributed by atoms with van der Waals surface area (Å²) >= 11 is 0. The van der Waals surface area contributed by atoms with E-state index in [0.717, 1.165) is 0 Å². The van der Waals surface area contributed by atoms with Gasteiger partial charge in [0, 0.05) is 11.5 Å². The maximum absolute atomic E-state index is 13.4. The Morgan fingerprint density at radius 2 is 1.70 bits per heavy atom. The van der Waals surface area contributed by atoms with E-state index in [9.17, 15) is 24.0 Å². The molecule has 0 spiro atoms. The minimum atomic E-state index is -1.50. The molecule has 11 heteroatoms. The molecule has 2 rings (SSSR count). The monoisotopic (exact) mass is 523 g/mol. The molecule has 210 valence electrons. The predicted molar refractivity (Wildman–Crippen MR) is 138 cm³/mol. The van der Waals surface area contributed by atoms with Gasteiger partial charge in [-0.3, -0.25) is 14.4 Å². The van der Waals surface area contributed by atoms with Gasteiger partial charge < -0.3 is 36.9 Å². The first-order chi connectivity index (χ1) is 16.7. The van der Waals surface area contributed by atoms with E-state index in [1.165, 1.54) is 0 Å². The van der Waals surface area contributed by atoms with Crippen LogP contribution in [0.4, 0.5) is 4.79 Å². The Hall–Kier alpha value is -2.69. The summed E-state index contributed by atoms with van der Waals surface area (Å²) in [4.78, 5) is 63.6. The Labute approximate surface area is 219 Å². The number of hydrogen-bond donors (Lipinski definition) is 5. The number of ether oxygens (including phenoxy) is 1. The molecule has 11 nitrogen and oxygen atoms in total. The number of alkyl carbamates (subject to hydrolysis) is 1. The molecular weight excluding hydrogens is 478 g/mol. The first kappa shape index (κ1) is 30.5. The van der Waals surface area contributed by atoms with Gasteiger partial charge in [-0.2, -0.15) is 0 Å². The highest BCUT2D eigenvalue weighted by Crippen LogP contribution is 2.46. The smallest absolute Gasteiger partial charge is 0.408 e. The van der Waals surface area contributed by atoms with Gasteiger partial charge in [0.05, 0.1) is 11.5 Å². The van der Waals surface area contributed by atoms with Gasteiger partial charge in [0.15, 0.2) is 0 Å². The molecule has 2 unspecified atom stereocenters. The summed E-state index contributed by atoms with van der Waals surface area (Å²) in [5, 5.41) is 8.17. The molecule has 37 heavy (non-hydrogen) atoms. The molecule has 5 atom stereocenters. The molecule has 0 bridgehead atoms. The predicted octanol–water partition coefficient (Wildman–Crippen LogP) is 1.12. The summed E-state index contributed by atoms with van der Waals surface area (Å²) in [6.45, 7) is 14.2. The topological polar surface area (TPSA) is 183 Å². The van der Waals surface area contributed by atoms with Crippen molar-refractivity contribution in [1.82, 2.24) is 16.0 Å². The van der Waals surface area contributed by atoms with E-state index in [1.807, 2.05) is 13.8 Å². The van der Waals surface area contributed by atoms with Gasteiger partial charge >= 0.3 is 6.09 Å². The van der Waals surface area contributed by atoms with Gasteiger partial charge in [-0.05, 0) is 71.6 Å². The number of carbonyl (C=O) groups excluding carboxylic acids is 5. The molecular formula is C26H45N5O6. The van der Waals surface area contributed by atoms with E-state index >= 15 is 0 Å². The van der Waals surface area contributed by atoms with Crippen LogP contribution in [-0.2, 0) is 23.9 Å². The molecule has 1 aliphatic heterocycles. The average molecular weight is 524 g/mol. The van der Waals surface area contributed by atoms with Crippen molar-refractivity contribution in [2.45, 2.75) is 110 Å². The van der Waals surface area contributed by atoms with Crippen molar-refractivity contribution in [3.63, 3.8) is 0 Å². The van der Waals surface area contributed by atoms with E-state index in [-0.39, 0.29) is 18.2 Å². The largest absolute Gasteiger partial charge is 0.444 e. The SMILES string of the molecule is CC1(C)C[C@@H](CC(C(N)=O)[C@@](N)(C2CC2)C(C=O)NC(=O)[C@@H](NC(=O)OC(C)(C)C)C(C)(C)C)C(=O)N1. The number of amides is 4. The normalized spacial score (nSPS) is 23.6.